The van der Waals surface area contributed by atoms with E-state index in [9.17, 15) is 4.79 Å². The molecule has 7 heteroatoms. The van der Waals surface area contributed by atoms with Crippen LogP contribution in [0.5, 0.6) is 0 Å². The Morgan fingerprint density at radius 2 is 1.94 bits per heavy atom. The highest BCUT2D eigenvalue weighted by molar-refractivity contribution is 14.0. The average molecular weight is 371 g/mol. The molecule has 0 bridgehead atoms. The van der Waals surface area contributed by atoms with Crippen LogP contribution in [0.15, 0.2) is 4.99 Å². The number of carbonyl (C=O) groups is 1. The molecule has 0 aliphatic carbocycles. The maximum absolute atomic E-state index is 11.4. The van der Waals surface area contributed by atoms with E-state index in [4.69, 9.17) is 15.2 Å². The number of morpholine rings is 1. The number of rotatable bonds is 2. The van der Waals surface area contributed by atoms with Gasteiger partial charge in [-0.1, -0.05) is 0 Å². The fourth-order valence-electron chi connectivity index (χ4n) is 1.41. The Morgan fingerprint density at radius 3 is 2.44 bits per heavy atom. The Kier molecular flexibility index (Phi) is 7.53. The van der Waals surface area contributed by atoms with Gasteiger partial charge in [0.1, 0.15) is 12.1 Å². The second-order valence-electron chi connectivity index (χ2n) is 4.86. The van der Waals surface area contributed by atoms with Crippen molar-refractivity contribution in [2.45, 2.75) is 26.4 Å². The Balaban J connectivity index is 0.00000289. The molecule has 0 aromatic heterocycles. The monoisotopic (exact) mass is 371 g/mol. The van der Waals surface area contributed by atoms with E-state index in [1.54, 1.807) is 0 Å². The summed E-state index contributed by atoms with van der Waals surface area (Å²) >= 11 is 0. The number of carbonyl (C=O) groups excluding carboxylic acids is 1. The molecule has 1 rings (SSSR count). The third kappa shape index (κ3) is 7.00. The van der Waals surface area contributed by atoms with Crippen LogP contribution in [0, 0.1) is 0 Å². The summed E-state index contributed by atoms with van der Waals surface area (Å²) in [5, 5.41) is 0. The highest BCUT2D eigenvalue weighted by Crippen LogP contribution is 2.06. The number of guanidine groups is 1. The van der Waals surface area contributed by atoms with E-state index in [1.165, 1.54) is 0 Å². The number of nitrogens with two attached hydrogens (primary N) is 1. The smallest absolute Gasteiger partial charge is 0.328 e. The van der Waals surface area contributed by atoms with Crippen LogP contribution in [-0.2, 0) is 14.3 Å². The molecular formula is C11H22IN3O3. The first kappa shape index (κ1) is 17.4. The van der Waals surface area contributed by atoms with Crippen molar-refractivity contribution in [2.24, 2.45) is 10.7 Å². The third-order valence-electron chi connectivity index (χ3n) is 2.13. The van der Waals surface area contributed by atoms with Gasteiger partial charge >= 0.3 is 5.97 Å². The Morgan fingerprint density at radius 1 is 1.39 bits per heavy atom. The molecule has 1 fully saturated rings. The molecule has 1 aliphatic rings. The number of ether oxygens (including phenoxy) is 2. The first-order chi connectivity index (χ1) is 7.88. The van der Waals surface area contributed by atoms with Gasteiger partial charge in [0.25, 0.3) is 0 Å². The normalized spacial score (nSPS) is 17.1. The molecule has 6 nitrogen and oxygen atoms in total. The fraction of sp³-hybridized carbons (Fsp3) is 0.818. The summed E-state index contributed by atoms with van der Waals surface area (Å²) < 4.78 is 10.3. The van der Waals surface area contributed by atoms with E-state index >= 15 is 0 Å². The molecule has 0 aromatic carbocycles. The number of halogens is 1. The molecule has 1 saturated heterocycles. The SMILES string of the molecule is CC(C)(C)OC(=O)CN=C(N)N1CCOCC1.I. The molecule has 2 N–H and O–H groups in total. The van der Waals surface area contributed by atoms with Crippen LogP contribution < -0.4 is 5.73 Å². The van der Waals surface area contributed by atoms with E-state index < -0.39 is 5.60 Å². The van der Waals surface area contributed by atoms with Crippen molar-refractivity contribution < 1.29 is 14.3 Å². The molecule has 1 aliphatic heterocycles. The quantitative estimate of drug-likeness (QED) is 0.333. The van der Waals surface area contributed by atoms with Gasteiger partial charge in [0.05, 0.1) is 13.2 Å². The minimum Gasteiger partial charge on any atom is -0.459 e. The zero-order valence-electron chi connectivity index (χ0n) is 11.1. The van der Waals surface area contributed by atoms with E-state index in [1.807, 2.05) is 25.7 Å². The van der Waals surface area contributed by atoms with Gasteiger partial charge in [0.15, 0.2) is 5.96 Å². The molecule has 0 spiro atoms. The first-order valence-corrected chi connectivity index (χ1v) is 5.73. The summed E-state index contributed by atoms with van der Waals surface area (Å²) in [5.41, 5.74) is 5.29. The Hall–Kier alpha value is -0.570. The van der Waals surface area contributed by atoms with E-state index in [0.717, 1.165) is 0 Å². The van der Waals surface area contributed by atoms with Crippen LogP contribution >= 0.6 is 24.0 Å². The van der Waals surface area contributed by atoms with Gasteiger partial charge in [-0.05, 0) is 20.8 Å². The highest BCUT2D eigenvalue weighted by atomic mass is 127. The summed E-state index contributed by atoms with van der Waals surface area (Å²) in [6.45, 7) is 8.12. The summed E-state index contributed by atoms with van der Waals surface area (Å²) in [6.07, 6.45) is 0. The number of nitrogens with zero attached hydrogens (tertiary/aromatic N) is 2. The maximum atomic E-state index is 11.4. The van der Waals surface area contributed by atoms with Crippen molar-refractivity contribution in [2.75, 3.05) is 32.8 Å². The third-order valence-corrected chi connectivity index (χ3v) is 2.13. The van der Waals surface area contributed by atoms with Gasteiger partial charge in [-0.15, -0.1) is 24.0 Å². The van der Waals surface area contributed by atoms with Gasteiger partial charge in [0, 0.05) is 13.1 Å². The van der Waals surface area contributed by atoms with E-state index in [0.29, 0.717) is 32.3 Å². The Labute approximate surface area is 125 Å². The lowest BCUT2D eigenvalue weighted by Gasteiger charge is -2.27. The summed E-state index contributed by atoms with van der Waals surface area (Å²) in [6, 6.07) is 0. The molecule has 0 saturated carbocycles. The van der Waals surface area contributed by atoms with Crippen LogP contribution in [0.25, 0.3) is 0 Å². The lowest BCUT2D eigenvalue weighted by Crippen LogP contribution is -2.45. The predicted molar refractivity (Wildman–Crippen MR) is 80.1 cm³/mol. The van der Waals surface area contributed by atoms with Crippen molar-refractivity contribution in [1.82, 2.24) is 4.90 Å². The molecular weight excluding hydrogens is 349 g/mol. The first-order valence-electron chi connectivity index (χ1n) is 5.73. The van der Waals surface area contributed by atoms with Gasteiger partial charge in [-0.3, -0.25) is 4.79 Å². The van der Waals surface area contributed by atoms with E-state index in [2.05, 4.69) is 4.99 Å². The summed E-state index contributed by atoms with van der Waals surface area (Å²) in [4.78, 5) is 17.3. The minimum atomic E-state index is -0.486. The zero-order valence-corrected chi connectivity index (χ0v) is 13.5. The Bertz CT molecular complexity index is 296. The molecule has 0 unspecified atom stereocenters. The number of hydrogen-bond donors (Lipinski definition) is 1. The van der Waals surface area contributed by atoms with Crippen molar-refractivity contribution in [1.29, 1.82) is 0 Å². The average Bonchev–Trinajstić information content (AvgIpc) is 2.25. The maximum Gasteiger partial charge on any atom is 0.328 e. The molecule has 0 amide bonds. The molecule has 1 heterocycles. The highest BCUT2D eigenvalue weighted by Gasteiger charge is 2.17. The zero-order chi connectivity index (χ0) is 12.9. The van der Waals surface area contributed by atoms with Crippen LogP contribution in [0.4, 0.5) is 0 Å². The van der Waals surface area contributed by atoms with Crippen LogP contribution in [-0.4, -0.2) is 55.3 Å². The second-order valence-corrected chi connectivity index (χ2v) is 4.86. The number of esters is 1. The van der Waals surface area contributed by atoms with Gasteiger partial charge in [-0.2, -0.15) is 0 Å². The molecule has 106 valence electrons. The fourth-order valence-corrected chi connectivity index (χ4v) is 1.41. The molecule has 0 atom stereocenters. The number of hydrogen-bond acceptors (Lipinski definition) is 4. The van der Waals surface area contributed by atoms with Crippen molar-refractivity contribution >= 4 is 35.9 Å². The lowest BCUT2D eigenvalue weighted by atomic mass is 10.2. The van der Waals surface area contributed by atoms with Gasteiger partial charge in [-0.25, -0.2) is 4.99 Å². The largest absolute Gasteiger partial charge is 0.459 e. The van der Waals surface area contributed by atoms with Crippen LogP contribution in [0.1, 0.15) is 20.8 Å². The predicted octanol–water partition coefficient (Wildman–Crippen LogP) is 0.593. The summed E-state index contributed by atoms with van der Waals surface area (Å²) in [5.74, 6) is 0.00729. The molecule has 0 radical (unpaired) electrons. The van der Waals surface area contributed by atoms with E-state index in [-0.39, 0.29) is 36.5 Å². The lowest BCUT2D eigenvalue weighted by molar-refractivity contribution is -0.152. The minimum absolute atomic E-state index is 0. The van der Waals surface area contributed by atoms with Gasteiger partial charge in [0.2, 0.25) is 0 Å². The van der Waals surface area contributed by atoms with Gasteiger partial charge < -0.3 is 20.1 Å². The topological polar surface area (TPSA) is 77.1 Å². The number of aliphatic imine (C=N–C) groups is 1. The summed E-state index contributed by atoms with van der Waals surface area (Å²) in [7, 11) is 0. The van der Waals surface area contributed by atoms with Crippen LogP contribution in [0.3, 0.4) is 0 Å². The van der Waals surface area contributed by atoms with Crippen LogP contribution in [0.2, 0.25) is 0 Å². The van der Waals surface area contributed by atoms with Crippen molar-refractivity contribution in [3.8, 4) is 0 Å². The second kappa shape index (κ2) is 7.78. The van der Waals surface area contributed by atoms with Crippen molar-refractivity contribution in [3.05, 3.63) is 0 Å². The standard InChI is InChI=1S/C11H21N3O3.HI/c1-11(2,3)17-9(15)8-13-10(12)14-4-6-16-7-5-14;/h4-8H2,1-3H3,(H2,12,13);1H. The molecule has 18 heavy (non-hydrogen) atoms. The molecule has 0 aromatic rings. The van der Waals surface area contributed by atoms with Crippen molar-refractivity contribution in [3.63, 3.8) is 0 Å².